The lowest BCUT2D eigenvalue weighted by Gasteiger charge is -2.16. The number of thiazole rings is 1. The van der Waals surface area contributed by atoms with E-state index in [0.29, 0.717) is 24.5 Å². The molecule has 0 spiro atoms. The van der Waals surface area contributed by atoms with Gasteiger partial charge >= 0.3 is 0 Å². The summed E-state index contributed by atoms with van der Waals surface area (Å²) in [6, 6.07) is 15.6. The quantitative estimate of drug-likeness (QED) is 0.618. The Morgan fingerprint density at radius 1 is 1.14 bits per heavy atom. The van der Waals surface area contributed by atoms with Gasteiger partial charge in [-0.1, -0.05) is 42.0 Å². The average Bonchev–Trinajstić information content (AvgIpc) is 3.17. The Hall–Kier alpha value is -2.86. The van der Waals surface area contributed by atoms with Crippen LogP contribution >= 0.6 is 11.3 Å². The number of aryl methyl sites for hydroxylation is 1. The van der Waals surface area contributed by atoms with Crippen LogP contribution in [0, 0.1) is 6.92 Å². The molecule has 6 heteroatoms. The van der Waals surface area contributed by atoms with Gasteiger partial charge in [0.25, 0.3) is 5.91 Å². The molecule has 0 radical (unpaired) electrons. The van der Waals surface area contributed by atoms with Gasteiger partial charge in [-0.3, -0.25) is 4.79 Å². The number of ether oxygens (including phenoxy) is 2. The number of methoxy groups -OCH3 is 1. The fourth-order valence-corrected chi connectivity index (χ4v) is 3.53. The minimum atomic E-state index is -0.616. The lowest BCUT2D eigenvalue weighted by Crippen LogP contribution is -2.37. The molecule has 1 atom stereocenters. The minimum absolute atomic E-state index is 0.167. The highest BCUT2D eigenvalue weighted by Crippen LogP contribution is 2.27. The summed E-state index contributed by atoms with van der Waals surface area (Å²) in [6.07, 6.45) is 0.0602. The summed E-state index contributed by atoms with van der Waals surface area (Å²) in [5.74, 6) is 0.989. The number of nitrogens with one attached hydrogen (secondary N) is 1. The predicted molar refractivity (Wildman–Crippen MR) is 112 cm³/mol. The van der Waals surface area contributed by atoms with E-state index < -0.39 is 6.10 Å². The average molecular weight is 397 g/mol. The Bertz CT molecular complexity index is 922. The smallest absolute Gasteiger partial charge is 0.260 e. The second kappa shape index (κ2) is 9.37. The predicted octanol–water partition coefficient (Wildman–Crippen LogP) is 4.25. The molecule has 1 aromatic heterocycles. The zero-order chi connectivity index (χ0) is 19.9. The van der Waals surface area contributed by atoms with Crippen molar-refractivity contribution < 1.29 is 14.3 Å². The normalized spacial score (nSPS) is 11.7. The summed E-state index contributed by atoms with van der Waals surface area (Å²) < 4.78 is 11.0. The molecule has 0 bridgehead atoms. The largest absolute Gasteiger partial charge is 0.493 e. The van der Waals surface area contributed by atoms with Gasteiger partial charge < -0.3 is 14.8 Å². The van der Waals surface area contributed by atoms with Crippen molar-refractivity contribution in [1.82, 2.24) is 10.3 Å². The Balaban J connectivity index is 1.49. The van der Waals surface area contributed by atoms with Crippen molar-refractivity contribution in [2.75, 3.05) is 13.7 Å². The van der Waals surface area contributed by atoms with Gasteiger partial charge in [0.15, 0.2) is 17.6 Å². The Morgan fingerprint density at radius 3 is 2.57 bits per heavy atom. The van der Waals surface area contributed by atoms with E-state index in [9.17, 15) is 4.79 Å². The molecule has 146 valence electrons. The fourth-order valence-electron chi connectivity index (χ4n) is 2.67. The molecule has 0 aliphatic carbocycles. The van der Waals surface area contributed by atoms with Crippen LogP contribution in [0.2, 0.25) is 0 Å². The zero-order valence-corrected chi connectivity index (χ0v) is 17.1. The van der Waals surface area contributed by atoms with Crippen LogP contribution in [0.3, 0.4) is 0 Å². The summed E-state index contributed by atoms with van der Waals surface area (Å²) in [6.45, 7) is 4.30. The van der Waals surface area contributed by atoms with E-state index in [1.54, 1.807) is 37.5 Å². The van der Waals surface area contributed by atoms with Crippen LogP contribution in [0.5, 0.6) is 11.5 Å². The molecule has 0 fully saturated rings. The van der Waals surface area contributed by atoms with Crippen molar-refractivity contribution in [2.45, 2.75) is 26.4 Å². The van der Waals surface area contributed by atoms with Crippen LogP contribution < -0.4 is 14.8 Å². The lowest BCUT2D eigenvalue weighted by molar-refractivity contribution is -0.127. The van der Waals surface area contributed by atoms with Gasteiger partial charge in [-0.05, 0) is 26.0 Å². The first kappa shape index (κ1) is 19.9. The zero-order valence-electron chi connectivity index (χ0n) is 16.3. The first-order valence-electron chi connectivity index (χ1n) is 9.15. The minimum Gasteiger partial charge on any atom is -0.493 e. The Morgan fingerprint density at radius 2 is 1.86 bits per heavy atom. The molecule has 0 aliphatic rings. The van der Waals surface area contributed by atoms with Gasteiger partial charge in [0.1, 0.15) is 5.01 Å². The van der Waals surface area contributed by atoms with E-state index in [-0.39, 0.29) is 5.91 Å². The molecule has 1 N–H and O–H groups in total. The summed E-state index contributed by atoms with van der Waals surface area (Å²) in [7, 11) is 1.58. The second-order valence-corrected chi connectivity index (χ2v) is 7.32. The van der Waals surface area contributed by atoms with Crippen LogP contribution in [0.15, 0.2) is 53.9 Å². The topological polar surface area (TPSA) is 60.5 Å². The number of hydrogen-bond donors (Lipinski definition) is 1. The third kappa shape index (κ3) is 5.10. The van der Waals surface area contributed by atoms with Crippen LogP contribution in [-0.4, -0.2) is 30.6 Å². The van der Waals surface area contributed by atoms with Crippen LogP contribution in [0.4, 0.5) is 0 Å². The number of benzene rings is 2. The summed E-state index contributed by atoms with van der Waals surface area (Å²) >= 11 is 1.62. The maximum atomic E-state index is 12.3. The summed E-state index contributed by atoms with van der Waals surface area (Å²) in [5.41, 5.74) is 3.32. The highest BCUT2D eigenvalue weighted by molar-refractivity contribution is 7.13. The number of hydrogen-bond acceptors (Lipinski definition) is 5. The first-order chi connectivity index (χ1) is 13.6. The Labute approximate surface area is 169 Å². The molecule has 0 unspecified atom stereocenters. The standard InChI is InChI=1S/C22H24N2O3S/c1-15-8-10-17(11-9-15)22-24-18(14-28-22)12-13-23-21(25)16(2)27-20-7-5-4-6-19(20)26-3/h4-11,14,16H,12-13H2,1-3H3,(H,23,25)/t16-/m0/s1. The SMILES string of the molecule is COc1ccccc1O[C@@H](C)C(=O)NCCc1csc(-c2ccc(C)cc2)n1. The van der Waals surface area contributed by atoms with Crippen LogP contribution in [0.25, 0.3) is 10.6 Å². The maximum absolute atomic E-state index is 12.3. The van der Waals surface area contributed by atoms with Crippen LogP contribution in [-0.2, 0) is 11.2 Å². The number of carbonyl (C=O) groups excluding carboxylic acids is 1. The third-order valence-electron chi connectivity index (χ3n) is 4.27. The van der Waals surface area contributed by atoms with E-state index in [4.69, 9.17) is 9.47 Å². The van der Waals surface area contributed by atoms with Gasteiger partial charge in [0, 0.05) is 23.9 Å². The number of para-hydroxylation sites is 2. The number of rotatable bonds is 8. The highest BCUT2D eigenvalue weighted by atomic mass is 32.1. The molecule has 1 amide bonds. The third-order valence-corrected chi connectivity index (χ3v) is 5.21. The summed E-state index contributed by atoms with van der Waals surface area (Å²) in [5, 5.41) is 5.94. The van der Waals surface area contributed by atoms with Crippen molar-refractivity contribution in [3.8, 4) is 22.1 Å². The molecule has 0 aliphatic heterocycles. The molecule has 0 saturated heterocycles. The van der Waals surface area contributed by atoms with Crippen molar-refractivity contribution in [2.24, 2.45) is 0 Å². The van der Waals surface area contributed by atoms with Crippen molar-refractivity contribution in [3.05, 3.63) is 65.2 Å². The Kier molecular flexibility index (Phi) is 6.66. The van der Waals surface area contributed by atoms with Crippen LogP contribution in [0.1, 0.15) is 18.2 Å². The number of amides is 1. The molecule has 3 aromatic rings. The molecular weight excluding hydrogens is 372 g/mol. The molecule has 5 nitrogen and oxygen atoms in total. The molecule has 1 heterocycles. The summed E-state index contributed by atoms with van der Waals surface area (Å²) in [4.78, 5) is 17.0. The first-order valence-corrected chi connectivity index (χ1v) is 10.0. The van der Waals surface area contributed by atoms with E-state index in [1.807, 2.05) is 17.5 Å². The van der Waals surface area contributed by atoms with Crippen molar-refractivity contribution in [3.63, 3.8) is 0 Å². The second-order valence-electron chi connectivity index (χ2n) is 6.46. The monoisotopic (exact) mass is 396 g/mol. The number of aromatic nitrogens is 1. The van der Waals surface area contributed by atoms with E-state index in [2.05, 4.69) is 41.5 Å². The van der Waals surface area contributed by atoms with E-state index in [1.165, 1.54) is 5.56 Å². The lowest BCUT2D eigenvalue weighted by atomic mass is 10.2. The van der Waals surface area contributed by atoms with Gasteiger partial charge in [0.05, 0.1) is 12.8 Å². The van der Waals surface area contributed by atoms with Gasteiger partial charge in [0.2, 0.25) is 0 Å². The highest BCUT2D eigenvalue weighted by Gasteiger charge is 2.16. The molecule has 0 saturated carbocycles. The molecule has 28 heavy (non-hydrogen) atoms. The van der Waals surface area contributed by atoms with E-state index in [0.717, 1.165) is 16.3 Å². The van der Waals surface area contributed by atoms with Crippen molar-refractivity contribution >= 4 is 17.2 Å². The van der Waals surface area contributed by atoms with Gasteiger partial charge in [-0.2, -0.15) is 0 Å². The van der Waals surface area contributed by atoms with E-state index >= 15 is 0 Å². The molecule has 3 rings (SSSR count). The fraction of sp³-hybridized carbons (Fsp3) is 0.273. The molecule has 2 aromatic carbocycles. The molecular formula is C22H24N2O3S. The number of nitrogens with zero attached hydrogens (tertiary/aromatic N) is 1. The maximum Gasteiger partial charge on any atom is 0.260 e. The van der Waals surface area contributed by atoms with Gasteiger partial charge in [-0.25, -0.2) is 4.98 Å². The van der Waals surface area contributed by atoms with Crippen molar-refractivity contribution in [1.29, 1.82) is 0 Å². The van der Waals surface area contributed by atoms with Gasteiger partial charge in [-0.15, -0.1) is 11.3 Å². The number of carbonyl (C=O) groups is 1.